The van der Waals surface area contributed by atoms with Gasteiger partial charge in [0.2, 0.25) is 0 Å². The molecule has 1 aliphatic rings. The summed E-state index contributed by atoms with van der Waals surface area (Å²) in [6.45, 7) is 3.52. The summed E-state index contributed by atoms with van der Waals surface area (Å²) in [5.74, 6) is -1.28. The predicted molar refractivity (Wildman–Crippen MR) is 117 cm³/mol. The second-order valence-corrected chi connectivity index (χ2v) is 7.83. The van der Waals surface area contributed by atoms with Crippen LogP contribution < -0.4 is 0 Å². The normalized spacial score (nSPS) is 14.2. The number of aromatic nitrogens is 1. The summed E-state index contributed by atoms with van der Waals surface area (Å²) in [5, 5.41) is 0. The number of rotatable bonds is 3. The van der Waals surface area contributed by atoms with Crippen molar-refractivity contribution in [1.29, 1.82) is 0 Å². The summed E-state index contributed by atoms with van der Waals surface area (Å²) in [6, 6.07) is 11.9. The van der Waals surface area contributed by atoms with Crippen LogP contribution in [-0.2, 0) is 0 Å². The van der Waals surface area contributed by atoms with Crippen molar-refractivity contribution >= 4 is 11.8 Å². The summed E-state index contributed by atoms with van der Waals surface area (Å²) >= 11 is 0. The SMILES string of the molecule is Cc1cc(F)ccc1-c1ccc(C(=O)N2CCCN(C(=O)c3ccncc3)CC2)cc1F. The van der Waals surface area contributed by atoms with Crippen LogP contribution in [0.5, 0.6) is 0 Å². The standard InChI is InChI=1S/C25H23F2N3O2/c1-17-15-20(26)4-6-21(17)22-5-3-19(16-23(22)27)25(32)30-12-2-11-29(13-14-30)24(31)18-7-9-28-10-8-18/h3-10,15-16H,2,11-14H2,1H3. The molecule has 32 heavy (non-hydrogen) atoms. The molecule has 0 N–H and O–H groups in total. The second-order valence-electron chi connectivity index (χ2n) is 7.83. The van der Waals surface area contributed by atoms with Gasteiger partial charge in [0.15, 0.2) is 0 Å². The third kappa shape index (κ3) is 4.51. The van der Waals surface area contributed by atoms with Crippen molar-refractivity contribution < 1.29 is 18.4 Å². The first-order valence-corrected chi connectivity index (χ1v) is 10.5. The van der Waals surface area contributed by atoms with Gasteiger partial charge >= 0.3 is 0 Å². The van der Waals surface area contributed by atoms with Gasteiger partial charge in [-0.1, -0.05) is 12.1 Å². The molecule has 2 amide bonds. The van der Waals surface area contributed by atoms with Gasteiger partial charge in [-0.05, 0) is 60.9 Å². The van der Waals surface area contributed by atoms with Gasteiger partial charge in [-0.15, -0.1) is 0 Å². The molecule has 0 aliphatic carbocycles. The van der Waals surface area contributed by atoms with Crippen LogP contribution in [0.3, 0.4) is 0 Å². The van der Waals surface area contributed by atoms with Gasteiger partial charge < -0.3 is 9.80 Å². The summed E-state index contributed by atoms with van der Waals surface area (Å²) in [7, 11) is 0. The number of benzene rings is 2. The number of carbonyl (C=O) groups excluding carboxylic acids is 2. The van der Waals surface area contributed by atoms with E-state index >= 15 is 0 Å². The quantitative estimate of drug-likeness (QED) is 0.616. The lowest BCUT2D eigenvalue weighted by Gasteiger charge is -2.22. The van der Waals surface area contributed by atoms with Crippen molar-refractivity contribution in [3.8, 4) is 11.1 Å². The Hall–Kier alpha value is -3.61. The molecule has 0 atom stereocenters. The molecule has 3 aromatic rings. The number of aryl methyl sites for hydroxylation is 1. The van der Waals surface area contributed by atoms with Crippen LogP contribution in [0.15, 0.2) is 60.9 Å². The minimum atomic E-state index is -0.533. The molecule has 2 aromatic carbocycles. The fourth-order valence-electron chi connectivity index (χ4n) is 3.98. The van der Waals surface area contributed by atoms with Gasteiger partial charge in [0.1, 0.15) is 11.6 Å². The van der Waals surface area contributed by atoms with Crippen molar-refractivity contribution in [3.63, 3.8) is 0 Å². The zero-order valence-electron chi connectivity index (χ0n) is 17.7. The third-order valence-electron chi connectivity index (χ3n) is 5.69. The van der Waals surface area contributed by atoms with Crippen LogP contribution in [0.1, 0.15) is 32.7 Å². The lowest BCUT2D eigenvalue weighted by molar-refractivity contribution is 0.0718. The molecule has 1 fully saturated rings. The molecule has 0 unspecified atom stereocenters. The van der Waals surface area contributed by atoms with Crippen molar-refractivity contribution in [3.05, 3.63) is 89.2 Å². The molecule has 4 rings (SSSR count). The van der Waals surface area contributed by atoms with Gasteiger partial charge in [-0.2, -0.15) is 0 Å². The summed E-state index contributed by atoms with van der Waals surface area (Å²) in [5.41, 5.74) is 2.34. The summed E-state index contributed by atoms with van der Waals surface area (Å²) in [4.78, 5) is 33.0. The lowest BCUT2D eigenvalue weighted by Crippen LogP contribution is -2.37. The molecule has 0 radical (unpaired) electrons. The number of hydrogen-bond donors (Lipinski definition) is 0. The predicted octanol–water partition coefficient (Wildman–Crippen LogP) is 4.32. The average Bonchev–Trinajstić information content (AvgIpc) is 3.05. The van der Waals surface area contributed by atoms with Gasteiger partial charge in [0.05, 0.1) is 0 Å². The highest BCUT2D eigenvalue weighted by molar-refractivity contribution is 5.96. The van der Waals surface area contributed by atoms with Crippen molar-refractivity contribution in [2.75, 3.05) is 26.2 Å². The lowest BCUT2D eigenvalue weighted by atomic mass is 9.98. The molecule has 1 aliphatic heterocycles. The first-order valence-electron chi connectivity index (χ1n) is 10.5. The van der Waals surface area contributed by atoms with Crippen molar-refractivity contribution in [1.82, 2.24) is 14.8 Å². The highest BCUT2D eigenvalue weighted by atomic mass is 19.1. The van der Waals surface area contributed by atoms with E-state index < -0.39 is 5.82 Å². The molecule has 0 spiro atoms. The Bertz CT molecular complexity index is 1150. The Kier molecular flexibility index (Phi) is 6.25. The Balaban J connectivity index is 1.47. The molecule has 1 saturated heterocycles. The number of amides is 2. The molecule has 5 nitrogen and oxygen atoms in total. The van der Waals surface area contributed by atoms with Gasteiger partial charge in [-0.25, -0.2) is 8.78 Å². The molecule has 0 bridgehead atoms. The fraction of sp³-hybridized carbons (Fsp3) is 0.240. The molecule has 2 heterocycles. The van der Waals surface area contributed by atoms with E-state index in [1.54, 1.807) is 53.4 Å². The van der Waals surface area contributed by atoms with E-state index in [1.165, 1.54) is 24.3 Å². The highest BCUT2D eigenvalue weighted by Gasteiger charge is 2.24. The van der Waals surface area contributed by atoms with Crippen LogP contribution in [0, 0.1) is 18.6 Å². The number of nitrogens with zero attached hydrogens (tertiary/aromatic N) is 3. The molecular weight excluding hydrogens is 412 g/mol. The monoisotopic (exact) mass is 435 g/mol. The van der Waals surface area contributed by atoms with Crippen LogP contribution in [-0.4, -0.2) is 52.8 Å². The van der Waals surface area contributed by atoms with Gasteiger partial charge in [0.25, 0.3) is 11.8 Å². The van der Waals surface area contributed by atoms with E-state index in [0.717, 1.165) is 0 Å². The summed E-state index contributed by atoms with van der Waals surface area (Å²) < 4.78 is 28.2. The number of halogens is 2. The van der Waals surface area contributed by atoms with Crippen molar-refractivity contribution in [2.45, 2.75) is 13.3 Å². The maximum atomic E-state index is 14.9. The first-order chi connectivity index (χ1) is 15.4. The Labute approximate surface area is 185 Å². The van der Waals surface area contributed by atoms with E-state index in [4.69, 9.17) is 0 Å². The van der Waals surface area contributed by atoms with Gasteiger partial charge in [0, 0.05) is 55.3 Å². The smallest absolute Gasteiger partial charge is 0.254 e. The maximum absolute atomic E-state index is 14.9. The average molecular weight is 435 g/mol. The van der Waals surface area contributed by atoms with E-state index in [9.17, 15) is 18.4 Å². The molecular formula is C25H23F2N3O2. The summed E-state index contributed by atoms with van der Waals surface area (Å²) in [6.07, 6.45) is 3.79. The number of pyridine rings is 1. The van der Waals surface area contributed by atoms with E-state index in [0.29, 0.717) is 54.9 Å². The minimum Gasteiger partial charge on any atom is -0.337 e. The number of hydrogen-bond acceptors (Lipinski definition) is 3. The van der Waals surface area contributed by atoms with Crippen LogP contribution in [0.25, 0.3) is 11.1 Å². The number of carbonyl (C=O) groups is 2. The Morgan fingerprint density at radius 2 is 1.41 bits per heavy atom. The van der Waals surface area contributed by atoms with E-state index in [-0.39, 0.29) is 23.2 Å². The largest absolute Gasteiger partial charge is 0.337 e. The topological polar surface area (TPSA) is 53.5 Å². The third-order valence-corrected chi connectivity index (χ3v) is 5.69. The Morgan fingerprint density at radius 3 is 2.03 bits per heavy atom. The zero-order chi connectivity index (χ0) is 22.7. The molecule has 0 saturated carbocycles. The van der Waals surface area contributed by atoms with E-state index in [2.05, 4.69) is 4.98 Å². The van der Waals surface area contributed by atoms with Gasteiger partial charge in [-0.3, -0.25) is 14.6 Å². The van der Waals surface area contributed by atoms with E-state index in [1.807, 2.05) is 0 Å². The zero-order valence-corrected chi connectivity index (χ0v) is 17.7. The molecule has 1 aromatic heterocycles. The second kappa shape index (κ2) is 9.26. The Morgan fingerprint density at radius 1 is 0.781 bits per heavy atom. The van der Waals surface area contributed by atoms with Crippen molar-refractivity contribution in [2.24, 2.45) is 0 Å². The highest BCUT2D eigenvalue weighted by Crippen LogP contribution is 2.28. The fourth-order valence-corrected chi connectivity index (χ4v) is 3.98. The molecule has 7 heteroatoms. The molecule has 164 valence electrons. The van der Waals surface area contributed by atoms with Crippen LogP contribution >= 0.6 is 0 Å². The van der Waals surface area contributed by atoms with Crippen LogP contribution in [0.2, 0.25) is 0 Å². The maximum Gasteiger partial charge on any atom is 0.254 e. The van der Waals surface area contributed by atoms with Crippen LogP contribution in [0.4, 0.5) is 8.78 Å². The first kappa shape index (κ1) is 21.6. The minimum absolute atomic E-state index is 0.0910.